The van der Waals surface area contributed by atoms with Crippen molar-refractivity contribution in [3.63, 3.8) is 0 Å². The Kier molecular flexibility index (Phi) is 4.61. The molecule has 9 heteroatoms. The number of rotatable bonds is 4. The summed E-state index contributed by atoms with van der Waals surface area (Å²) in [6.45, 7) is 1.91. The number of hydrogen-bond donors (Lipinski definition) is 0. The van der Waals surface area contributed by atoms with Gasteiger partial charge in [-0.3, -0.25) is 0 Å². The first-order valence-corrected chi connectivity index (χ1v) is 10.8. The molecule has 0 saturated carbocycles. The van der Waals surface area contributed by atoms with E-state index in [2.05, 4.69) is 25.5 Å². The van der Waals surface area contributed by atoms with Gasteiger partial charge in [0, 0.05) is 23.0 Å². The van der Waals surface area contributed by atoms with Crippen molar-refractivity contribution in [1.29, 1.82) is 0 Å². The molecule has 5 rings (SSSR count). The number of aryl methyl sites for hydroxylation is 1. The second-order valence-corrected chi connectivity index (χ2v) is 8.62. The maximum Gasteiger partial charge on any atom is 0.197 e. The highest BCUT2D eigenvalue weighted by Crippen LogP contribution is 2.40. The van der Waals surface area contributed by atoms with E-state index in [-0.39, 0.29) is 0 Å². The van der Waals surface area contributed by atoms with Crippen LogP contribution in [0.15, 0.2) is 62.9 Å². The van der Waals surface area contributed by atoms with Gasteiger partial charge in [-0.15, -0.1) is 21.5 Å². The van der Waals surface area contributed by atoms with Crippen LogP contribution < -0.4 is 0 Å². The molecule has 5 aromatic rings. The lowest BCUT2D eigenvalue weighted by Crippen LogP contribution is -1.95. The number of aromatic nitrogens is 5. The zero-order valence-electron chi connectivity index (χ0n) is 15.5. The maximum absolute atomic E-state index is 6.05. The summed E-state index contributed by atoms with van der Waals surface area (Å²) < 4.78 is 7.35. The average molecular weight is 440 g/mol. The molecule has 0 unspecified atom stereocenters. The van der Waals surface area contributed by atoms with Gasteiger partial charge in [0.25, 0.3) is 0 Å². The zero-order chi connectivity index (χ0) is 20.0. The topological polar surface area (TPSA) is 69.6 Å². The predicted octanol–water partition coefficient (Wildman–Crippen LogP) is 5.86. The summed E-state index contributed by atoms with van der Waals surface area (Å²) in [7, 11) is 1.94. The third kappa shape index (κ3) is 3.23. The normalized spacial score (nSPS) is 11.4. The molecule has 0 saturated heterocycles. The van der Waals surface area contributed by atoms with E-state index in [0.29, 0.717) is 5.02 Å². The van der Waals surface area contributed by atoms with E-state index >= 15 is 0 Å². The molecule has 0 aliphatic rings. The largest absolute Gasteiger partial charge is 0.469 e. The molecule has 4 aromatic heterocycles. The van der Waals surface area contributed by atoms with Crippen molar-refractivity contribution < 1.29 is 4.42 Å². The third-order valence-corrected chi connectivity index (χ3v) is 6.79. The van der Waals surface area contributed by atoms with Crippen molar-refractivity contribution in [3.05, 3.63) is 59.1 Å². The first-order valence-electron chi connectivity index (χ1n) is 8.71. The van der Waals surface area contributed by atoms with Gasteiger partial charge < -0.3 is 8.98 Å². The number of hydrogen-bond acceptors (Lipinski definition) is 7. The number of thiophene rings is 1. The Hall–Kier alpha value is -2.68. The summed E-state index contributed by atoms with van der Waals surface area (Å²) in [6.07, 6.45) is 3.24. The van der Waals surface area contributed by atoms with Crippen LogP contribution in [0.4, 0.5) is 0 Å². The van der Waals surface area contributed by atoms with Gasteiger partial charge in [0.05, 0.1) is 17.2 Å². The van der Waals surface area contributed by atoms with Crippen molar-refractivity contribution in [1.82, 2.24) is 24.7 Å². The first kappa shape index (κ1) is 18.4. The third-order valence-electron chi connectivity index (χ3n) is 4.61. The molecule has 6 nitrogen and oxygen atoms in total. The van der Waals surface area contributed by atoms with E-state index in [9.17, 15) is 0 Å². The molecule has 0 atom stereocenters. The van der Waals surface area contributed by atoms with Gasteiger partial charge in [0.1, 0.15) is 21.9 Å². The first-order chi connectivity index (χ1) is 14.1. The van der Waals surface area contributed by atoms with Crippen molar-refractivity contribution in [2.45, 2.75) is 17.1 Å². The lowest BCUT2D eigenvalue weighted by atomic mass is 10.1. The summed E-state index contributed by atoms with van der Waals surface area (Å²) in [5.74, 6) is 1.57. The highest BCUT2D eigenvalue weighted by Gasteiger charge is 2.19. The highest BCUT2D eigenvalue weighted by molar-refractivity contribution is 7.99. The molecule has 1 aromatic carbocycles. The molecule has 0 radical (unpaired) electrons. The van der Waals surface area contributed by atoms with Gasteiger partial charge in [-0.05, 0) is 42.4 Å². The van der Waals surface area contributed by atoms with Crippen LogP contribution in [0, 0.1) is 6.92 Å². The van der Waals surface area contributed by atoms with E-state index in [4.69, 9.17) is 16.0 Å². The Bertz CT molecular complexity index is 1320. The molecular formula is C20H14ClN5OS2. The number of halogens is 1. The maximum atomic E-state index is 6.05. The van der Waals surface area contributed by atoms with Gasteiger partial charge in [-0.25, -0.2) is 9.97 Å². The van der Waals surface area contributed by atoms with Gasteiger partial charge in [-0.2, -0.15) is 0 Å². The van der Waals surface area contributed by atoms with Crippen molar-refractivity contribution >= 4 is 44.9 Å². The smallest absolute Gasteiger partial charge is 0.197 e. The molecule has 0 spiro atoms. The molecular weight excluding hydrogens is 426 g/mol. The fraction of sp³-hybridized carbons (Fsp3) is 0.100. The van der Waals surface area contributed by atoms with Gasteiger partial charge in [-0.1, -0.05) is 23.7 Å². The second kappa shape index (κ2) is 7.29. The average Bonchev–Trinajstić information content (AvgIpc) is 3.43. The van der Waals surface area contributed by atoms with Crippen LogP contribution in [0.25, 0.3) is 32.7 Å². The molecule has 0 aliphatic heterocycles. The Labute approximate surface area is 179 Å². The van der Waals surface area contributed by atoms with Crippen LogP contribution in [-0.2, 0) is 7.05 Å². The number of furan rings is 1. The standard InChI is InChI=1S/C20H14ClN5OS2/c1-11-14(7-8-27-11)17-24-25-20(26(17)2)29-19-16-15(9-28-18(16)22-10-23-19)12-3-5-13(21)6-4-12/h3-10H,1-2H3. The molecule has 144 valence electrons. The van der Waals surface area contributed by atoms with Gasteiger partial charge in [0.2, 0.25) is 0 Å². The zero-order valence-corrected chi connectivity index (χ0v) is 17.8. The van der Waals surface area contributed by atoms with E-state index < -0.39 is 0 Å². The van der Waals surface area contributed by atoms with Crippen LogP contribution in [0.2, 0.25) is 5.02 Å². The predicted molar refractivity (Wildman–Crippen MR) is 115 cm³/mol. The second-order valence-electron chi connectivity index (χ2n) is 6.37. The SMILES string of the molecule is Cc1occc1-c1nnc(Sc2ncnc3scc(-c4ccc(Cl)cc4)c23)n1C. The molecule has 0 N–H and O–H groups in total. The van der Waals surface area contributed by atoms with Crippen LogP contribution in [0.5, 0.6) is 0 Å². The van der Waals surface area contributed by atoms with E-state index in [1.807, 2.05) is 48.9 Å². The molecule has 29 heavy (non-hydrogen) atoms. The fourth-order valence-corrected chi connectivity index (χ4v) is 5.10. The van der Waals surface area contributed by atoms with Gasteiger partial charge in [0.15, 0.2) is 11.0 Å². The molecule has 0 amide bonds. The minimum Gasteiger partial charge on any atom is -0.469 e. The Balaban J connectivity index is 1.58. The molecule has 0 bridgehead atoms. The summed E-state index contributed by atoms with van der Waals surface area (Å²) >= 11 is 9.12. The van der Waals surface area contributed by atoms with E-state index in [1.54, 1.807) is 23.9 Å². The lowest BCUT2D eigenvalue weighted by Gasteiger charge is -2.06. The summed E-state index contributed by atoms with van der Waals surface area (Å²) in [5.41, 5.74) is 3.08. The number of benzene rings is 1. The molecule has 4 heterocycles. The van der Waals surface area contributed by atoms with Gasteiger partial charge >= 0.3 is 0 Å². The van der Waals surface area contributed by atoms with Crippen LogP contribution in [0.3, 0.4) is 0 Å². The Morgan fingerprint density at radius 1 is 1.07 bits per heavy atom. The Morgan fingerprint density at radius 3 is 2.66 bits per heavy atom. The molecule has 0 aliphatic carbocycles. The van der Waals surface area contributed by atoms with Crippen molar-refractivity contribution in [3.8, 4) is 22.5 Å². The quantitative estimate of drug-likeness (QED) is 0.326. The van der Waals surface area contributed by atoms with Crippen LogP contribution >= 0.6 is 34.7 Å². The van der Waals surface area contributed by atoms with Crippen LogP contribution in [0.1, 0.15) is 5.76 Å². The summed E-state index contributed by atoms with van der Waals surface area (Å²) in [4.78, 5) is 9.91. The minimum absolute atomic E-state index is 0.709. The highest BCUT2D eigenvalue weighted by atomic mass is 35.5. The van der Waals surface area contributed by atoms with E-state index in [0.717, 1.165) is 48.7 Å². The van der Waals surface area contributed by atoms with Crippen LogP contribution in [-0.4, -0.2) is 24.7 Å². The lowest BCUT2D eigenvalue weighted by molar-refractivity contribution is 0.534. The minimum atomic E-state index is 0.709. The summed E-state index contributed by atoms with van der Waals surface area (Å²) in [6, 6.07) is 9.69. The summed E-state index contributed by atoms with van der Waals surface area (Å²) in [5, 5.41) is 14.1. The van der Waals surface area contributed by atoms with E-state index in [1.165, 1.54) is 11.8 Å². The van der Waals surface area contributed by atoms with Crippen molar-refractivity contribution in [2.24, 2.45) is 7.05 Å². The number of fused-ring (bicyclic) bond motifs is 1. The van der Waals surface area contributed by atoms with Crippen molar-refractivity contribution in [2.75, 3.05) is 0 Å². The monoisotopic (exact) mass is 439 g/mol. The Morgan fingerprint density at radius 2 is 1.90 bits per heavy atom. The number of nitrogens with zero attached hydrogens (tertiary/aromatic N) is 5. The fourth-order valence-electron chi connectivity index (χ4n) is 3.11. The molecule has 0 fully saturated rings.